The number of anilines is 4. The Balaban J connectivity index is 1.70. The first-order valence-electron chi connectivity index (χ1n) is 8.50. The van der Waals surface area contributed by atoms with Gasteiger partial charge >= 0.3 is 0 Å². The molecule has 2 heterocycles. The summed E-state index contributed by atoms with van der Waals surface area (Å²) in [5.41, 5.74) is 4.99. The van der Waals surface area contributed by atoms with Crippen LogP contribution in [0.15, 0.2) is 48.7 Å². The number of benzene rings is 2. The van der Waals surface area contributed by atoms with E-state index in [2.05, 4.69) is 20.6 Å². The van der Waals surface area contributed by atoms with Crippen molar-refractivity contribution in [2.75, 3.05) is 29.6 Å². The van der Waals surface area contributed by atoms with E-state index in [4.69, 9.17) is 11.6 Å². The molecule has 0 aliphatic carbocycles. The van der Waals surface area contributed by atoms with Crippen molar-refractivity contribution in [2.45, 2.75) is 6.42 Å². The van der Waals surface area contributed by atoms with Crippen molar-refractivity contribution in [1.82, 2.24) is 9.97 Å². The van der Waals surface area contributed by atoms with Gasteiger partial charge in [0.15, 0.2) is 0 Å². The van der Waals surface area contributed by atoms with Crippen LogP contribution in [-0.4, -0.2) is 30.0 Å². The van der Waals surface area contributed by atoms with E-state index < -0.39 is 0 Å². The average molecular weight is 380 g/mol. The zero-order valence-corrected chi connectivity index (χ0v) is 15.7. The number of aromatic nitrogens is 2. The minimum Gasteiger partial charge on any atom is -0.378 e. The first-order valence-corrected chi connectivity index (χ1v) is 8.87. The van der Waals surface area contributed by atoms with Gasteiger partial charge in [0.25, 0.3) is 0 Å². The largest absolute Gasteiger partial charge is 0.378 e. The number of rotatable bonds is 3. The summed E-state index contributed by atoms with van der Waals surface area (Å²) >= 11 is 6.08. The van der Waals surface area contributed by atoms with Crippen LogP contribution in [0, 0.1) is 0 Å². The molecule has 0 saturated heterocycles. The fraction of sp³-hybridized carbons (Fsp3) is 0.150. The second-order valence-electron chi connectivity index (χ2n) is 6.55. The molecule has 4 rings (SSSR count). The number of hydrogen-bond acceptors (Lipinski definition) is 5. The molecule has 1 aliphatic heterocycles. The van der Waals surface area contributed by atoms with Crippen molar-refractivity contribution < 1.29 is 4.79 Å². The minimum absolute atomic E-state index is 0.110. The number of carbonyl (C=O) groups is 1. The van der Waals surface area contributed by atoms with Crippen molar-refractivity contribution in [3.05, 3.63) is 59.2 Å². The van der Waals surface area contributed by atoms with E-state index in [-0.39, 0.29) is 12.3 Å². The summed E-state index contributed by atoms with van der Waals surface area (Å²) in [6, 6.07) is 13.4. The second kappa shape index (κ2) is 6.89. The lowest BCUT2D eigenvalue weighted by atomic mass is 10.1. The first-order chi connectivity index (χ1) is 13.0. The number of carbonyl (C=O) groups excluding carboxylic acids is 1. The van der Waals surface area contributed by atoms with Crippen molar-refractivity contribution in [3.8, 4) is 11.3 Å². The number of nitrogens with zero attached hydrogens (tertiary/aromatic N) is 3. The number of amides is 1. The predicted molar refractivity (Wildman–Crippen MR) is 109 cm³/mol. The third kappa shape index (κ3) is 3.57. The van der Waals surface area contributed by atoms with E-state index in [1.54, 1.807) is 18.3 Å². The van der Waals surface area contributed by atoms with Crippen LogP contribution in [0.1, 0.15) is 5.56 Å². The molecular formula is C20H18ClN5O. The summed E-state index contributed by atoms with van der Waals surface area (Å²) in [6.45, 7) is 0. The normalized spacial score (nSPS) is 12.5. The molecule has 0 saturated carbocycles. The highest BCUT2D eigenvalue weighted by molar-refractivity contribution is 6.31. The predicted octanol–water partition coefficient (Wildman–Crippen LogP) is 4.10. The molecule has 136 valence electrons. The number of nitrogens with one attached hydrogen (secondary N) is 2. The van der Waals surface area contributed by atoms with E-state index in [9.17, 15) is 4.79 Å². The molecule has 2 N–H and O–H groups in total. The average Bonchev–Trinajstić information content (AvgIpc) is 2.77. The molecule has 1 aliphatic rings. The summed E-state index contributed by atoms with van der Waals surface area (Å²) in [6.07, 6.45) is 1.92. The van der Waals surface area contributed by atoms with E-state index >= 15 is 0 Å². The van der Waals surface area contributed by atoms with Crippen LogP contribution in [0.5, 0.6) is 0 Å². The lowest BCUT2D eigenvalue weighted by Gasteiger charge is -2.13. The second-order valence-corrected chi connectivity index (χ2v) is 6.99. The molecule has 0 spiro atoms. The molecule has 0 fully saturated rings. The molecular weight excluding hydrogens is 362 g/mol. The maximum Gasteiger partial charge on any atom is 0.228 e. The fourth-order valence-electron chi connectivity index (χ4n) is 3.00. The van der Waals surface area contributed by atoms with Gasteiger partial charge in [-0.1, -0.05) is 11.6 Å². The van der Waals surface area contributed by atoms with E-state index in [0.29, 0.717) is 16.7 Å². The Morgan fingerprint density at radius 2 is 1.93 bits per heavy atom. The van der Waals surface area contributed by atoms with Crippen LogP contribution in [0.25, 0.3) is 11.3 Å². The Hall–Kier alpha value is -3.12. The van der Waals surface area contributed by atoms with Gasteiger partial charge in [0, 0.05) is 47.8 Å². The number of halogens is 1. The Morgan fingerprint density at radius 1 is 1.15 bits per heavy atom. The first kappa shape index (κ1) is 17.3. The monoisotopic (exact) mass is 379 g/mol. The number of fused-ring (bicyclic) bond motifs is 3. The molecule has 7 heteroatoms. The van der Waals surface area contributed by atoms with Crippen LogP contribution in [-0.2, 0) is 11.2 Å². The molecule has 0 radical (unpaired) electrons. The third-order valence-electron chi connectivity index (χ3n) is 4.37. The summed E-state index contributed by atoms with van der Waals surface area (Å²) in [5, 5.41) is 6.66. The van der Waals surface area contributed by atoms with Crippen LogP contribution < -0.4 is 15.5 Å². The highest BCUT2D eigenvalue weighted by Gasteiger charge is 2.21. The minimum atomic E-state index is -0.110. The molecule has 0 unspecified atom stereocenters. The Labute approximate surface area is 162 Å². The van der Waals surface area contributed by atoms with Gasteiger partial charge in [-0.15, -0.1) is 0 Å². The van der Waals surface area contributed by atoms with Crippen LogP contribution in [0.4, 0.5) is 23.0 Å². The van der Waals surface area contributed by atoms with Crippen molar-refractivity contribution >= 4 is 40.5 Å². The zero-order chi connectivity index (χ0) is 19.0. The van der Waals surface area contributed by atoms with E-state index in [1.807, 2.05) is 49.3 Å². The third-order valence-corrected chi connectivity index (χ3v) is 4.60. The molecule has 6 nitrogen and oxygen atoms in total. The molecule has 3 aromatic rings. The van der Waals surface area contributed by atoms with E-state index in [0.717, 1.165) is 28.2 Å². The van der Waals surface area contributed by atoms with Crippen LogP contribution >= 0.6 is 11.6 Å². The van der Waals surface area contributed by atoms with Gasteiger partial charge in [-0.05, 0) is 42.5 Å². The highest BCUT2D eigenvalue weighted by atomic mass is 35.5. The van der Waals surface area contributed by atoms with Crippen molar-refractivity contribution in [2.24, 2.45) is 0 Å². The SMILES string of the molecule is CN(C)c1ccc(Nc2ncc3c(n2)-c2ccc(Cl)cc2NC(=O)C3)cc1. The zero-order valence-electron chi connectivity index (χ0n) is 15.0. The van der Waals surface area contributed by atoms with Crippen molar-refractivity contribution in [1.29, 1.82) is 0 Å². The summed E-state index contributed by atoms with van der Waals surface area (Å²) in [5.74, 6) is 0.363. The molecule has 1 amide bonds. The highest BCUT2D eigenvalue weighted by Crippen LogP contribution is 2.34. The number of hydrogen-bond donors (Lipinski definition) is 2. The van der Waals surface area contributed by atoms with Gasteiger partial charge in [-0.25, -0.2) is 9.97 Å². The smallest absolute Gasteiger partial charge is 0.228 e. The lowest BCUT2D eigenvalue weighted by Crippen LogP contribution is -2.12. The lowest BCUT2D eigenvalue weighted by molar-refractivity contribution is -0.115. The topological polar surface area (TPSA) is 70.2 Å². The molecule has 1 aromatic heterocycles. The van der Waals surface area contributed by atoms with Gasteiger partial charge in [0.05, 0.1) is 17.8 Å². The van der Waals surface area contributed by atoms with Gasteiger partial charge in [0.1, 0.15) is 0 Å². The summed E-state index contributed by atoms with van der Waals surface area (Å²) in [7, 11) is 3.99. The molecule has 0 atom stereocenters. The van der Waals surface area contributed by atoms with Crippen molar-refractivity contribution in [3.63, 3.8) is 0 Å². The van der Waals surface area contributed by atoms with Gasteiger partial charge in [0.2, 0.25) is 11.9 Å². The standard InChI is InChI=1S/C20H18ClN5O/c1-26(2)15-6-4-14(5-7-15)23-20-22-11-12-9-18(27)24-17-10-13(21)3-8-16(17)19(12)25-20/h3-8,10-11H,9H2,1-2H3,(H,24,27)(H,22,23,25). The Kier molecular flexibility index (Phi) is 4.41. The van der Waals surface area contributed by atoms with Crippen LogP contribution in [0.3, 0.4) is 0 Å². The van der Waals surface area contributed by atoms with E-state index in [1.165, 1.54) is 0 Å². The maximum atomic E-state index is 12.2. The molecule has 27 heavy (non-hydrogen) atoms. The van der Waals surface area contributed by atoms with Gasteiger partial charge < -0.3 is 15.5 Å². The fourth-order valence-corrected chi connectivity index (χ4v) is 3.17. The molecule has 0 bridgehead atoms. The molecule has 2 aromatic carbocycles. The Bertz CT molecular complexity index is 1020. The summed E-state index contributed by atoms with van der Waals surface area (Å²) < 4.78 is 0. The van der Waals surface area contributed by atoms with Gasteiger partial charge in [-0.2, -0.15) is 0 Å². The maximum absolute atomic E-state index is 12.2. The quantitative estimate of drug-likeness (QED) is 0.716. The van der Waals surface area contributed by atoms with Gasteiger partial charge in [-0.3, -0.25) is 4.79 Å². The summed E-state index contributed by atoms with van der Waals surface area (Å²) in [4.78, 5) is 23.2. The Morgan fingerprint density at radius 3 is 2.67 bits per heavy atom. The van der Waals surface area contributed by atoms with Crippen LogP contribution in [0.2, 0.25) is 5.02 Å².